The average molecular weight is 369 g/mol. The second kappa shape index (κ2) is 7.64. The smallest absolute Gasteiger partial charge is 0.272 e. The first-order chi connectivity index (χ1) is 11.7. The van der Waals surface area contributed by atoms with Gasteiger partial charge in [0.2, 0.25) is 0 Å². The van der Waals surface area contributed by atoms with Crippen LogP contribution in [0.4, 0.5) is 0 Å². The van der Waals surface area contributed by atoms with Gasteiger partial charge in [-0.1, -0.05) is 19.3 Å². The number of fused-ring (bicyclic) bond motifs is 1. The fourth-order valence-corrected chi connectivity index (χ4v) is 4.44. The van der Waals surface area contributed by atoms with E-state index in [0.717, 1.165) is 50.8 Å². The van der Waals surface area contributed by atoms with Crippen LogP contribution in [-0.2, 0) is 24.8 Å². The number of nitrogens with one attached hydrogen (secondary N) is 2. The van der Waals surface area contributed by atoms with E-state index in [2.05, 4.69) is 15.7 Å². The van der Waals surface area contributed by atoms with Crippen LogP contribution in [-0.4, -0.2) is 40.4 Å². The summed E-state index contributed by atoms with van der Waals surface area (Å²) in [7, 11) is 1.95. The maximum absolute atomic E-state index is 12.7. The second-order valence-corrected chi connectivity index (χ2v) is 7.60. The standard InChI is InChI=1S/C18H28N4O2.ClH/c1-22-15-11-18(7-9-19-10-8-18)24-12-14(15)16(21-22)17(23)20-13-5-3-2-4-6-13;/h13,19H,2-12H2,1H3,(H,20,23);1H. The molecule has 0 aromatic carbocycles. The van der Waals surface area contributed by atoms with Crippen molar-refractivity contribution >= 4 is 18.3 Å². The van der Waals surface area contributed by atoms with Crippen molar-refractivity contribution in [1.29, 1.82) is 0 Å². The largest absolute Gasteiger partial charge is 0.370 e. The third-order valence-corrected chi connectivity index (χ3v) is 5.96. The van der Waals surface area contributed by atoms with Crippen molar-refractivity contribution in [2.75, 3.05) is 13.1 Å². The van der Waals surface area contributed by atoms with Gasteiger partial charge in [-0.2, -0.15) is 5.10 Å². The number of hydrogen-bond acceptors (Lipinski definition) is 4. The maximum Gasteiger partial charge on any atom is 0.272 e. The third kappa shape index (κ3) is 3.71. The minimum absolute atomic E-state index is 0. The molecule has 1 aromatic rings. The van der Waals surface area contributed by atoms with Crippen LogP contribution in [0.3, 0.4) is 0 Å². The number of carbonyl (C=O) groups is 1. The molecule has 7 heteroatoms. The van der Waals surface area contributed by atoms with Crippen molar-refractivity contribution < 1.29 is 9.53 Å². The quantitative estimate of drug-likeness (QED) is 0.838. The fourth-order valence-electron chi connectivity index (χ4n) is 4.44. The number of aryl methyl sites for hydroxylation is 1. The predicted molar refractivity (Wildman–Crippen MR) is 98.1 cm³/mol. The van der Waals surface area contributed by atoms with Gasteiger partial charge in [0.1, 0.15) is 0 Å². The Kier molecular flexibility index (Phi) is 5.71. The number of nitrogens with zero attached hydrogens (tertiary/aromatic N) is 2. The zero-order valence-corrected chi connectivity index (χ0v) is 15.8. The van der Waals surface area contributed by atoms with E-state index in [1.807, 2.05) is 11.7 Å². The van der Waals surface area contributed by atoms with Crippen LogP contribution in [0.1, 0.15) is 66.7 Å². The molecular formula is C18H29ClN4O2. The molecule has 1 spiro atoms. The first kappa shape index (κ1) is 18.7. The lowest BCUT2D eigenvalue weighted by Gasteiger charge is -2.40. The molecule has 0 atom stereocenters. The van der Waals surface area contributed by atoms with Gasteiger partial charge >= 0.3 is 0 Å². The van der Waals surface area contributed by atoms with Crippen molar-refractivity contribution in [3.05, 3.63) is 17.0 Å². The van der Waals surface area contributed by atoms with E-state index in [0.29, 0.717) is 18.3 Å². The number of aromatic nitrogens is 2. The van der Waals surface area contributed by atoms with Crippen LogP contribution in [0.15, 0.2) is 0 Å². The Labute approximate surface area is 155 Å². The maximum atomic E-state index is 12.7. The highest BCUT2D eigenvalue weighted by Gasteiger charge is 2.40. The molecule has 0 radical (unpaired) electrons. The van der Waals surface area contributed by atoms with Crippen LogP contribution in [0.2, 0.25) is 0 Å². The van der Waals surface area contributed by atoms with Crippen molar-refractivity contribution in [1.82, 2.24) is 20.4 Å². The molecule has 140 valence electrons. The van der Waals surface area contributed by atoms with E-state index in [1.54, 1.807) is 0 Å². The lowest BCUT2D eigenvalue weighted by atomic mass is 9.84. The summed E-state index contributed by atoms with van der Waals surface area (Å²) in [5, 5.41) is 11.1. The van der Waals surface area contributed by atoms with Crippen LogP contribution in [0, 0.1) is 0 Å². The topological polar surface area (TPSA) is 68.2 Å². The lowest BCUT2D eigenvalue weighted by Crippen LogP contribution is -2.47. The van der Waals surface area contributed by atoms with Gasteiger partial charge in [-0.05, 0) is 38.8 Å². The van der Waals surface area contributed by atoms with E-state index < -0.39 is 0 Å². The van der Waals surface area contributed by atoms with Crippen molar-refractivity contribution in [2.45, 2.75) is 69.6 Å². The molecule has 4 rings (SSSR count). The number of amides is 1. The van der Waals surface area contributed by atoms with E-state index >= 15 is 0 Å². The molecule has 1 aliphatic carbocycles. The van der Waals surface area contributed by atoms with E-state index in [1.165, 1.54) is 25.0 Å². The molecule has 2 N–H and O–H groups in total. The third-order valence-electron chi connectivity index (χ3n) is 5.96. The first-order valence-corrected chi connectivity index (χ1v) is 9.37. The molecular weight excluding hydrogens is 340 g/mol. The Balaban J connectivity index is 0.00000182. The summed E-state index contributed by atoms with van der Waals surface area (Å²) in [6, 6.07) is 0.309. The molecule has 25 heavy (non-hydrogen) atoms. The average Bonchev–Trinajstić information content (AvgIpc) is 2.93. The van der Waals surface area contributed by atoms with Gasteiger partial charge in [0.15, 0.2) is 5.69 Å². The molecule has 2 fully saturated rings. The summed E-state index contributed by atoms with van der Waals surface area (Å²) in [5.74, 6) is -0.0244. The van der Waals surface area contributed by atoms with Gasteiger partial charge in [-0.15, -0.1) is 12.4 Å². The molecule has 1 aromatic heterocycles. The number of rotatable bonds is 2. The Hall–Kier alpha value is -1.11. The minimum Gasteiger partial charge on any atom is -0.370 e. The molecule has 1 saturated heterocycles. The molecule has 6 nitrogen and oxygen atoms in total. The Bertz CT molecular complexity index is 619. The molecule has 0 unspecified atom stereocenters. The van der Waals surface area contributed by atoms with E-state index in [-0.39, 0.29) is 23.9 Å². The van der Waals surface area contributed by atoms with Crippen molar-refractivity contribution in [2.24, 2.45) is 7.05 Å². The van der Waals surface area contributed by atoms with Crippen molar-refractivity contribution in [3.63, 3.8) is 0 Å². The zero-order valence-electron chi connectivity index (χ0n) is 15.0. The Morgan fingerprint density at radius 1 is 1.28 bits per heavy atom. The number of piperidine rings is 1. The monoisotopic (exact) mass is 368 g/mol. The first-order valence-electron chi connectivity index (χ1n) is 9.37. The summed E-state index contributed by atoms with van der Waals surface area (Å²) >= 11 is 0. The second-order valence-electron chi connectivity index (χ2n) is 7.60. The molecule has 1 saturated carbocycles. The number of carbonyl (C=O) groups excluding carboxylic acids is 1. The van der Waals surface area contributed by atoms with Crippen molar-refractivity contribution in [3.8, 4) is 0 Å². The molecule has 3 aliphatic rings. The highest BCUT2D eigenvalue weighted by molar-refractivity contribution is 5.94. The van der Waals surface area contributed by atoms with Gasteiger partial charge in [-0.3, -0.25) is 9.48 Å². The van der Waals surface area contributed by atoms with Crippen LogP contribution >= 0.6 is 12.4 Å². The number of halogens is 1. The van der Waals surface area contributed by atoms with Gasteiger partial charge < -0.3 is 15.4 Å². The van der Waals surface area contributed by atoms with E-state index in [4.69, 9.17) is 4.74 Å². The zero-order chi connectivity index (χ0) is 16.6. The predicted octanol–water partition coefficient (Wildman–Crippen LogP) is 2.10. The Morgan fingerprint density at radius 3 is 2.72 bits per heavy atom. The molecule has 3 heterocycles. The highest BCUT2D eigenvalue weighted by atomic mass is 35.5. The normalized spacial score (nSPS) is 22.9. The summed E-state index contributed by atoms with van der Waals surface area (Å²) < 4.78 is 8.15. The summed E-state index contributed by atoms with van der Waals surface area (Å²) in [6.07, 6.45) is 8.82. The lowest BCUT2D eigenvalue weighted by molar-refractivity contribution is -0.0869. The fraction of sp³-hybridized carbons (Fsp3) is 0.778. The SMILES string of the molecule is Cl.Cn1nc(C(=O)NC2CCCCC2)c2c1CC1(CCNCC1)OC2. The van der Waals surface area contributed by atoms with Crippen LogP contribution in [0.5, 0.6) is 0 Å². The summed E-state index contributed by atoms with van der Waals surface area (Å²) in [6.45, 7) is 2.51. The van der Waals surface area contributed by atoms with E-state index in [9.17, 15) is 4.79 Å². The molecule has 1 amide bonds. The van der Waals surface area contributed by atoms with Gasteiger partial charge in [0.05, 0.1) is 12.2 Å². The minimum atomic E-state index is -0.0663. The molecule has 2 aliphatic heterocycles. The number of hydrogen-bond donors (Lipinski definition) is 2. The Morgan fingerprint density at radius 2 is 2.00 bits per heavy atom. The van der Waals surface area contributed by atoms with Gasteiger partial charge in [0.25, 0.3) is 5.91 Å². The van der Waals surface area contributed by atoms with Crippen LogP contribution in [0.25, 0.3) is 0 Å². The van der Waals surface area contributed by atoms with Gasteiger partial charge in [-0.25, -0.2) is 0 Å². The number of ether oxygens (including phenoxy) is 1. The highest BCUT2D eigenvalue weighted by Crippen LogP contribution is 2.35. The van der Waals surface area contributed by atoms with Crippen LogP contribution < -0.4 is 10.6 Å². The summed E-state index contributed by atoms with van der Waals surface area (Å²) in [5.41, 5.74) is 2.68. The summed E-state index contributed by atoms with van der Waals surface area (Å²) in [4.78, 5) is 12.7. The molecule has 0 bridgehead atoms. The van der Waals surface area contributed by atoms with Gasteiger partial charge in [0, 0.05) is 30.8 Å².